The fourth-order valence-corrected chi connectivity index (χ4v) is 3.33. The molecule has 1 heterocycles. The summed E-state index contributed by atoms with van der Waals surface area (Å²) in [6, 6.07) is 13.0. The van der Waals surface area contributed by atoms with E-state index in [0.29, 0.717) is 29.9 Å². The predicted octanol–water partition coefficient (Wildman–Crippen LogP) is 4.52. The number of rotatable bonds is 10. The number of ether oxygens (including phenoxy) is 3. The summed E-state index contributed by atoms with van der Waals surface area (Å²) in [7, 11) is 3.03. The number of benzene rings is 2. The Morgan fingerprint density at radius 1 is 1.03 bits per heavy atom. The standard InChI is InChI=1S/C22H23F2N3O4/c1-28-17-8-3-14(4-9-17)12-27(16-6-7-16)13-20-25-21(26-31-20)15-5-10-18(30-22(23)24)19(11-15)29-2/h3-5,8-11,16,22H,6-7,12-13H2,1-2H3. The molecule has 164 valence electrons. The van der Waals surface area contributed by atoms with Gasteiger partial charge in [0.1, 0.15) is 5.75 Å². The normalized spacial score (nSPS) is 13.6. The molecule has 0 radical (unpaired) electrons. The molecule has 0 bridgehead atoms. The maximum absolute atomic E-state index is 12.5. The lowest BCUT2D eigenvalue weighted by atomic mass is 10.2. The third kappa shape index (κ3) is 5.29. The van der Waals surface area contributed by atoms with E-state index in [1.54, 1.807) is 19.2 Å². The molecular weight excluding hydrogens is 408 g/mol. The fourth-order valence-electron chi connectivity index (χ4n) is 3.33. The SMILES string of the molecule is COc1ccc(CN(Cc2nc(-c3ccc(OC(F)F)c(OC)c3)no2)C2CC2)cc1. The largest absolute Gasteiger partial charge is 0.497 e. The molecule has 0 aliphatic heterocycles. The van der Waals surface area contributed by atoms with Crippen molar-refractivity contribution in [3.63, 3.8) is 0 Å². The molecule has 0 spiro atoms. The zero-order valence-electron chi connectivity index (χ0n) is 17.3. The number of aromatic nitrogens is 2. The van der Waals surface area contributed by atoms with Crippen LogP contribution in [-0.4, -0.2) is 41.9 Å². The Bertz CT molecular complexity index is 1010. The second-order valence-electron chi connectivity index (χ2n) is 7.24. The van der Waals surface area contributed by atoms with Crippen LogP contribution in [0.3, 0.4) is 0 Å². The summed E-state index contributed by atoms with van der Waals surface area (Å²) < 4.78 is 45.3. The van der Waals surface area contributed by atoms with Crippen LogP contribution in [0.25, 0.3) is 11.4 Å². The van der Waals surface area contributed by atoms with Crippen LogP contribution in [0, 0.1) is 0 Å². The second kappa shape index (κ2) is 9.30. The van der Waals surface area contributed by atoms with Crippen LogP contribution in [0.5, 0.6) is 17.2 Å². The van der Waals surface area contributed by atoms with Crippen molar-refractivity contribution in [1.82, 2.24) is 15.0 Å². The maximum Gasteiger partial charge on any atom is 0.387 e. The number of nitrogens with zero attached hydrogens (tertiary/aromatic N) is 3. The highest BCUT2D eigenvalue weighted by Gasteiger charge is 2.30. The first-order valence-electron chi connectivity index (χ1n) is 9.88. The van der Waals surface area contributed by atoms with Crippen molar-refractivity contribution in [2.75, 3.05) is 14.2 Å². The highest BCUT2D eigenvalue weighted by molar-refractivity contribution is 5.60. The quantitative estimate of drug-likeness (QED) is 0.467. The monoisotopic (exact) mass is 431 g/mol. The summed E-state index contributed by atoms with van der Waals surface area (Å²) in [5, 5.41) is 4.04. The van der Waals surface area contributed by atoms with Gasteiger partial charge in [0.2, 0.25) is 11.7 Å². The van der Waals surface area contributed by atoms with Gasteiger partial charge in [-0.2, -0.15) is 13.8 Å². The zero-order chi connectivity index (χ0) is 21.8. The molecule has 7 nitrogen and oxygen atoms in total. The van der Waals surface area contributed by atoms with Crippen molar-refractivity contribution in [3.8, 4) is 28.6 Å². The lowest BCUT2D eigenvalue weighted by Gasteiger charge is -2.20. The smallest absolute Gasteiger partial charge is 0.387 e. The molecule has 0 N–H and O–H groups in total. The summed E-state index contributed by atoms with van der Waals surface area (Å²) in [5.74, 6) is 1.79. The minimum Gasteiger partial charge on any atom is -0.497 e. The number of methoxy groups -OCH3 is 2. The maximum atomic E-state index is 12.5. The minimum absolute atomic E-state index is 0.0515. The van der Waals surface area contributed by atoms with Gasteiger partial charge in [-0.25, -0.2) is 0 Å². The number of hydrogen-bond donors (Lipinski definition) is 0. The average Bonchev–Trinajstić information content (AvgIpc) is 3.52. The summed E-state index contributed by atoms with van der Waals surface area (Å²) in [6.45, 7) is -1.65. The highest BCUT2D eigenvalue weighted by atomic mass is 19.3. The third-order valence-electron chi connectivity index (χ3n) is 5.05. The molecule has 0 atom stereocenters. The van der Waals surface area contributed by atoms with Crippen LogP contribution in [-0.2, 0) is 13.1 Å². The molecule has 0 amide bonds. The molecule has 0 saturated heterocycles. The van der Waals surface area contributed by atoms with Gasteiger partial charge in [0.15, 0.2) is 11.5 Å². The summed E-state index contributed by atoms with van der Waals surface area (Å²) >= 11 is 0. The van der Waals surface area contributed by atoms with Gasteiger partial charge < -0.3 is 18.7 Å². The fraction of sp³-hybridized carbons (Fsp3) is 0.364. The molecule has 9 heteroatoms. The van der Waals surface area contributed by atoms with Crippen LogP contribution < -0.4 is 14.2 Å². The summed E-state index contributed by atoms with van der Waals surface area (Å²) in [6.07, 6.45) is 2.28. The van der Waals surface area contributed by atoms with Gasteiger partial charge in [0.05, 0.1) is 20.8 Å². The van der Waals surface area contributed by atoms with E-state index >= 15 is 0 Å². The van der Waals surface area contributed by atoms with Crippen LogP contribution >= 0.6 is 0 Å². The Morgan fingerprint density at radius 3 is 2.45 bits per heavy atom. The van der Waals surface area contributed by atoms with Gasteiger partial charge in [-0.1, -0.05) is 17.3 Å². The van der Waals surface area contributed by atoms with Crippen LogP contribution in [0.1, 0.15) is 24.3 Å². The number of alkyl halides is 2. The molecule has 2 aromatic carbocycles. The number of hydrogen-bond acceptors (Lipinski definition) is 7. The first-order chi connectivity index (χ1) is 15.1. The molecule has 3 aromatic rings. The van der Waals surface area contributed by atoms with Crippen LogP contribution in [0.4, 0.5) is 8.78 Å². The Morgan fingerprint density at radius 2 is 1.81 bits per heavy atom. The number of halogens is 2. The van der Waals surface area contributed by atoms with Gasteiger partial charge >= 0.3 is 6.61 Å². The average molecular weight is 431 g/mol. The van der Waals surface area contributed by atoms with E-state index < -0.39 is 6.61 Å². The van der Waals surface area contributed by atoms with Crippen molar-refractivity contribution >= 4 is 0 Å². The van der Waals surface area contributed by atoms with Gasteiger partial charge in [-0.15, -0.1) is 0 Å². The second-order valence-corrected chi connectivity index (χ2v) is 7.24. The van der Waals surface area contributed by atoms with Crippen LogP contribution in [0.15, 0.2) is 47.0 Å². The van der Waals surface area contributed by atoms with Crippen LogP contribution in [0.2, 0.25) is 0 Å². The van der Waals surface area contributed by atoms with E-state index in [1.165, 1.54) is 18.7 Å². The van der Waals surface area contributed by atoms with Crippen molar-refractivity contribution < 1.29 is 27.5 Å². The molecule has 1 saturated carbocycles. The van der Waals surface area contributed by atoms with Crippen molar-refractivity contribution in [1.29, 1.82) is 0 Å². The van der Waals surface area contributed by atoms with E-state index in [1.807, 2.05) is 24.3 Å². The lowest BCUT2D eigenvalue weighted by Crippen LogP contribution is -2.25. The Hall–Kier alpha value is -3.20. The Kier molecular flexibility index (Phi) is 6.31. The molecule has 0 unspecified atom stereocenters. The highest BCUT2D eigenvalue weighted by Crippen LogP contribution is 2.33. The lowest BCUT2D eigenvalue weighted by molar-refractivity contribution is -0.0512. The molecule has 1 aromatic heterocycles. The van der Waals surface area contributed by atoms with Gasteiger partial charge in [-0.3, -0.25) is 4.90 Å². The van der Waals surface area contributed by atoms with Gasteiger partial charge in [0.25, 0.3) is 0 Å². The molecule has 1 fully saturated rings. The first-order valence-corrected chi connectivity index (χ1v) is 9.88. The van der Waals surface area contributed by atoms with E-state index in [4.69, 9.17) is 14.0 Å². The van der Waals surface area contributed by atoms with E-state index in [0.717, 1.165) is 25.1 Å². The van der Waals surface area contributed by atoms with E-state index in [2.05, 4.69) is 19.8 Å². The minimum atomic E-state index is -2.93. The summed E-state index contributed by atoms with van der Waals surface area (Å²) in [5.41, 5.74) is 1.76. The Labute approximate surface area is 178 Å². The molecule has 1 aliphatic rings. The van der Waals surface area contributed by atoms with E-state index in [9.17, 15) is 8.78 Å². The summed E-state index contributed by atoms with van der Waals surface area (Å²) in [4.78, 5) is 6.79. The molecular formula is C22H23F2N3O4. The molecule has 4 rings (SSSR count). The zero-order valence-corrected chi connectivity index (χ0v) is 17.3. The van der Waals surface area contributed by atoms with E-state index in [-0.39, 0.29) is 11.5 Å². The van der Waals surface area contributed by atoms with Gasteiger partial charge in [0, 0.05) is 18.2 Å². The molecule has 1 aliphatic carbocycles. The van der Waals surface area contributed by atoms with Gasteiger partial charge in [-0.05, 0) is 48.7 Å². The first kappa shape index (κ1) is 21.0. The van der Waals surface area contributed by atoms with Crippen molar-refractivity contribution in [2.24, 2.45) is 0 Å². The third-order valence-corrected chi connectivity index (χ3v) is 5.05. The van der Waals surface area contributed by atoms with Crippen molar-refractivity contribution in [3.05, 3.63) is 53.9 Å². The molecule has 31 heavy (non-hydrogen) atoms. The Balaban J connectivity index is 1.47. The topological polar surface area (TPSA) is 69.9 Å². The van der Waals surface area contributed by atoms with Crippen molar-refractivity contribution in [2.45, 2.75) is 38.6 Å². The predicted molar refractivity (Wildman–Crippen MR) is 108 cm³/mol.